The third kappa shape index (κ3) is 3.12. The molecule has 2 N–H and O–H groups in total. The Balaban J connectivity index is 2.96. The standard InChI is InChI=1S/C10H20F3N3O2/c1-4-15(5-2)16-7-6-8(17-3)9(16,14)18-10(11,12)13/h8H,4-7,14H2,1-3H3. The molecule has 0 bridgehead atoms. The van der Waals surface area contributed by atoms with E-state index in [1.54, 1.807) is 5.01 Å². The predicted molar refractivity (Wildman–Crippen MR) is 59.1 cm³/mol. The monoisotopic (exact) mass is 271 g/mol. The zero-order chi connectivity index (χ0) is 14.0. The van der Waals surface area contributed by atoms with Crippen LogP contribution in [0.4, 0.5) is 13.2 Å². The molecule has 0 aromatic heterocycles. The molecule has 1 aliphatic heterocycles. The molecule has 0 aliphatic carbocycles. The van der Waals surface area contributed by atoms with Crippen molar-refractivity contribution in [2.24, 2.45) is 5.73 Å². The van der Waals surface area contributed by atoms with Crippen LogP contribution < -0.4 is 5.73 Å². The third-order valence-electron chi connectivity index (χ3n) is 3.10. The van der Waals surface area contributed by atoms with Gasteiger partial charge in [-0.25, -0.2) is 5.01 Å². The Morgan fingerprint density at radius 2 is 1.94 bits per heavy atom. The maximum Gasteiger partial charge on any atom is 0.525 e. The normalized spacial score (nSPS) is 30.3. The lowest BCUT2D eigenvalue weighted by Crippen LogP contribution is -2.66. The molecule has 1 heterocycles. The van der Waals surface area contributed by atoms with E-state index in [-0.39, 0.29) is 0 Å². The number of hydrogen-bond donors (Lipinski definition) is 1. The first-order valence-corrected chi connectivity index (χ1v) is 5.89. The minimum atomic E-state index is -4.80. The minimum Gasteiger partial charge on any atom is -0.375 e. The van der Waals surface area contributed by atoms with Gasteiger partial charge < -0.3 is 4.74 Å². The van der Waals surface area contributed by atoms with E-state index in [9.17, 15) is 13.2 Å². The summed E-state index contributed by atoms with van der Waals surface area (Å²) >= 11 is 0. The quantitative estimate of drug-likeness (QED) is 0.759. The van der Waals surface area contributed by atoms with E-state index >= 15 is 0 Å². The van der Waals surface area contributed by atoms with Gasteiger partial charge in [0.25, 0.3) is 0 Å². The van der Waals surface area contributed by atoms with Crippen molar-refractivity contribution < 1.29 is 22.6 Å². The van der Waals surface area contributed by atoms with Gasteiger partial charge in [-0.2, -0.15) is 5.01 Å². The third-order valence-corrected chi connectivity index (χ3v) is 3.10. The molecule has 1 saturated heterocycles. The molecule has 1 rings (SSSR count). The first-order valence-electron chi connectivity index (χ1n) is 5.89. The average molecular weight is 271 g/mol. The van der Waals surface area contributed by atoms with Gasteiger partial charge in [-0.05, 0) is 6.42 Å². The smallest absolute Gasteiger partial charge is 0.375 e. The second-order valence-electron chi connectivity index (χ2n) is 4.07. The summed E-state index contributed by atoms with van der Waals surface area (Å²) in [5.41, 5.74) is 5.81. The van der Waals surface area contributed by atoms with Crippen molar-refractivity contribution in [2.75, 3.05) is 26.7 Å². The number of nitrogens with zero attached hydrogens (tertiary/aromatic N) is 2. The van der Waals surface area contributed by atoms with E-state index in [1.807, 2.05) is 13.8 Å². The van der Waals surface area contributed by atoms with Crippen LogP contribution in [-0.2, 0) is 9.47 Å². The zero-order valence-corrected chi connectivity index (χ0v) is 10.8. The van der Waals surface area contributed by atoms with Gasteiger partial charge in [0.2, 0.25) is 5.85 Å². The summed E-state index contributed by atoms with van der Waals surface area (Å²) in [5.74, 6) is -2.00. The van der Waals surface area contributed by atoms with Crippen molar-refractivity contribution in [3.63, 3.8) is 0 Å². The van der Waals surface area contributed by atoms with Crippen LogP contribution in [0.3, 0.4) is 0 Å². The van der Waals surface area contributed by atoms with Crippen LogP contribution in [0, 0.1) is 0 Å². The van der Waals surface area contributed by atoms with Crippen molar-refractivity contribution in [3.05, 3.63) is 0 Å². The van der Waals surface area contributed by atoms with Crippen LogP contribution in [0.2, 0.25) is 0 Å². The number of hydrogen-bond acceptors (Lipinski definition) is 5. The van der Waals surface area contributed by atoms with Crippen LogP contribution in [0.5, 0.6) is 0 Å². The van der Waals surface area contributed by atoms with Crippen LogP contribution in [0.15, 0.2) is 0 Å². The molecule has 0 aromatic rings. The molecule has 0 radical (unpaired) electrons. The molecule has 1 aliphatic rings. The lowest BCUT2D eigenvalue weighted by atomic mass is 10.2. The van der Waals surface area contributed by atoms with Gasteiger partial charge in [-0.1, -0.05) is 13.8 Å². The van der Waals surface area contributed by atoms with Gasteiger partial charge in [0.15, 0.2) is 0 Å². The fraction of sp³-hybridized carbons (Fsp3) is 1.00. The number of halogens is 3. The summed E-state index contributed by atoms with van der Waals surface area (Å²) in [6.07, 6.45) is -5.24. The molecule has 0 amide bonds. The van der Waals surface area contributed by atoms with E-state index in [4.69, 9.17) is 10.5 Å². The molecule has 2 unspecified atom stereocenters. The maximum absolute atomic E-state index is 12.5. The van der Waals surface area contributed by atoms with Crippen LogP contribution in [0.25, 0.3) is 0 Å². The molecular formula is C10H20F3N3O2. The molecule has 0 spiro atoms. The van der Waals surface area contributed by atoms with Gasteiger partial charge in [0.05, 0.1) is 0 Å². The van der Waals surface area contributed by atoms with Crippen LogP contribution in [0.1, 0.15) is 20.3 Å². The van der Waals surface area contributed by atoms with Gasteiger partial charge in [0.1, 0.15) is 6.10 Å². The molecule has 108 valence electrons. The van der Waals surface area contributed by atoms with Crippen LogP contribution in [-0.4, -0.2) is 55.1 Å². The average Bonchev–Trinajstić information content (AvgIpc) is 2.55. The highest BCUT2D eigenvalue weighted by molar-refractivity contribution is 4.91. The largest absolute Gasteiger partial charge is 0.525 e. The Kier molecular flexibility index (Phi) is 4.96. The van der Waals surface area contributed by atoms with E-state index in [0.717, 1.165) is 0 Å². The summed E-state index contributed by atoms with van der Waals surface area (Å²) in [5, 5.41) is 3.11. The highest BCUT2D eigenvalue weighted by atomic mass is 19.4. The summed E-state index contributed by atoms with van der Waals surface area (Å²) in [4.78, 5) is 0. The Morgan fingerprint density at radius 3 is 2.33 bits per heavy atom. The first kappa shape index (κ1) is 15.6. The molecule has 18 heavy (non-hydrogen) atoms. The molecule has 0 aromatic carbocycles. The Bertz CT molecular complexity index is 274. The molecule has 1 fully saturated rings. The van der Waals surface area contributed by atoms with Crippen molar-refractivity contribution in [2.45, 2.75) is 38.6 Å². The summed E-state index contributed by atoms with van der Waals surface area (Å²) in [7, 11) is 1.33. The number of nitrogens with two attached hydrogens (primary N) is 1. The Labute approximate surface area is 105 Å². The summed E-state index contributed by atoms with van der Waals surface area (Å²) in [6, 6.07) is 0. The van der Waals surface area contributed by atoms with Gasteiger partial charge in [-0.3, -0.25) is 10.5 Å². The Morgan fingerprint density at radius 1 is 1.39 bits per heavy atom. The van der Waals surface area contributed by atoms with Crippen molar-refractivity contribution in [1.82, 2.24) is 10.0 Å². The lowest BCUT2D eigenvalue weighted by Gasteiger charge is -2.42. The van der Waals surface area contributed by atoms with E-state index in [2.05, 4.69) is 4.74 Å². The topological polar surface area (TPSA) is 51.0 Å². The van der Waals surface area contributed by atoms with Gasteiger partial charge in [-0.15, -0.1) is 13.2 Å². The number of hydrazine groups is 1. The maximum atomic E-state index is 12.5. The fourth-order valence-electron chi connectivity index (χ4n) is 2.31. The number of methoxy groups -OCH3 is 1. The molecule has 8 heteroatoms. The van der Waals surface area contributed by atoms with Crippen molar-refractivity contribution in [1.29, 1.82) is 0 Å². The van der Waals surface area contributed by atoms with Crippen molar-refractivity contribution >= 4 is 0 Å². The highest BCUT2D eigenvalue weighted by Gasteiger charge is 2.55. The first-order chi connectivity index (χ1) is 8.28. The SMILES string of the molecule is CCN(CC)N1CCC(OC)C1(N)OC(F)(F)F. The minimum absolute atomic E-state index is 0.368. The van der Waals surface area contributed by atoms with Crippen molar-refractivity contribution in [3.8, 4) is 0 Å². The number of ether oxygens (including phenoxy) is 2. The second-order valence-corrected chi connectivity index (χ2v) is 4.07. The zero-order valence-electron chi connectivity index (χ0n) is 10.8. The molecule has 5 nitrogen and oxygen atoms in total. The summed E-state index contributed by atoms with van der Waals surface area (Å²) in [6.45, 7) is 5.16. The van der Waals surface area contributed by atoms with Gasteiger partial charge in [0, 0.05) is 26.7 Å². The van der Waals surface area contributed by atoms with Gasteiger partial charge >= 0.3 is 6.36 Å². The molecule has 0 saturated carbocycles. The van der Waals surface area contributed by atoms with E-state index in [0.29, 0.717) is 26.1 Å². The second kappa shape index (κ2) is 5.70. The molecule has 2 atom stereocenters. The van der Waals surface area contributed by atoms with E-state index < -0.39 is 18.3 Å². The Hall–Kier alpha value is -0.410. The summed E-state index contributed by atoms with van der Waals surface area (Å²) < 4.78 is 46.7. The van der Waals surface area contributed by atoms with E-state index in [1.165, 1.54) is 12.1 Å². The number of rotatable bonds is 5. The molecular weight excluding hydrogens is 251 g/mol. The lowest BCUT2D eigenvalue weighted by molar-refractivity contribution is -0.412. The number of alkyl halides is 3. The highest BCUT2D eigenvalue weighted by Crippen LogP contribution is 2.35. The van der Waals surface area contributed by atoms with Crippen LogP contribution >= 0.6 is 0 Å². The fourth-order valence-corrected chi connectivity index (χ4v) is 2.31. The predicted octanol–water partition coefficient (Wildman–Crippen LogP) is 1.11.